The second-order valence-electron chi connectivity index (χ2n) is 15.5. The van der Waals surface area contributed by atoms with Crippen molar-refractivity contribution in [1.82, 2.24) is 24.1 Å². The maximum Gasteiger partial charge on any atom is 0.197 e. The van der Waals surface area contributed by atoms with Crippen molar-refractivity contribution in [2.75, 3.05) is 0 Å². The smallest absolute Gasteiger partial charge is 0.197 e. The number of aromatic nitrogens is 5. The van der Waals surface area contributed by atoms with Crippen LogP contribution in [0.15, 0.2) is 170 Å². The molecular formula is C56H28N10. The number of hydrogen-bond donors (Lipinski definition) is 0. The van der Waals surface area contributed by atoms with Crippen LogP contribution in [-0.4, -0.2) is 24.1 Å². The second kappa shape index (κ2) is 15.6. The molecule has 66 heavy (non-hydrogen) atoms. The van der Waals surface area contributed by atoms with Crippen LogP contribution in [0.4, 0.5) is 17.1 Å². The van der Waals surface area contributed by atoms with Crippen molar-refractivity contribution in [3.05, 3.63) is 215 Å². The summed E-state index contributed by atoms with van der Waals surface area (Å²) < 4.78 is 4.21. The molecule has 11 rings (SSSR count). The second-order valence-corrected chi connectivity index (χ2v) is 15.5. The topological polar surface area (TPSA) is 109 Å². The van der Waals surface area contributed by atoms with Crippen LogP contribution in [0, 0.1) is 42.4 Å². The zero-order chi connectivity index (χ0) is 44.9. The van der Waals surface area contributed by atoms with Gasteiger partial charge in [0.25, 0.3) is 0 Å². The van der Waals surface area contributed by atoms with Gasteiger partial charge in [0, 0.05) is 44.3 Å². The molecule has 10 heteroatoms. The predicted octanol–water partition coefficient (Wildman–Crippen LogP) is 14.1. The molecule has 0 saturated heterocycles. The number of benzene rings is 8. The van der Waals surface area contributed by atoms with Gasteiger partial charge in [-0.1, -0.05) is 97.1 Å². The third kappa shape index (κ3) is 6.18. The van der Waals surface area contributed by atoms with E-state index in [1.165, 1.54) is 0 Å². The van der Waals surface area contributed by atoms with E-state index in [1.807, 2.05) is 140 Å². The van der Waals surface area contributed by atoms with Gasteiger partial charge in [-0.3, -0.25) is 0 Å². The molecule has 0 aliphatic carbocycles. The SMILES string of the molecule is [C-]#[N+]c1ccc2c(c1)c1cc([N+]#[C-])ccc1n2-c1cccc(-c2nc(-c3ccccc3)nc(-c3ccccc3)n2)c1-c1c([N+]#[C-])cccc1-n1c2ccc(C#N)cc2c2cc(C#N)ccc21. The van der Waals surface area contributed by atoms with Crippen LogP contribution in [0.1, 0.15) is 11.1 Å². The first-order valence-electron chi connectivity index (χ1n) is 20.7. The van der Waals surface area contributed by atoms with E-state index >= 15 is 0 Å². The third-order valence-electron chi connectivity index (χ3n) is 11.9. The highest BCUT2D eigenvalue weighted by Gasteiger charge is 2.27. The van der Waals surface area contributed by atoms with Gasteiger partial charge < -0.3 is 9.13 Å². The standard InChI is InChI=1S/C56H28N10/c1-59-38-22-26-48-43(30-38)44-31-39(60-2)23-27-49(44)65(48)50-18-10-16-40(56-63-54(36-12-6-4-7-13-36)62-55(64-56)37-14-8-5-9-15-37)52(50)53-45(61-3)17-11-19-51(53)66-46-24-20-34(32-57)28-41(46)42-29-35(33-58)21-25-47(42)66/h4-31H. The third-order valence-corrected chi connectivity index (χ3v) is 11.9. The summed E-state index contributed by atoms with van der Waals surface area (Å²) in [4.78, 5) is 27.2. The lowest BCUT2D eigenvalue weighted by atomic mass is 9.93. The molecule has 0 bridgehead atoms. The normalized spacial score (nSPS) is 11.0. The zero-order valence-electron chi connectivity index (χ0n) is 34.6. The van der Waals surface area contributed by atoms with Crippen LogP contribution >= 0.6 is 0 Å². The molecule has 0 unspecified atom stereocenters. The fraction of sp³-hybridized carbons (Fsp3) is 0. The van der Waals surface area contributed by atoms with Crippen molar-refractivity contribution < 1.29 is 0 Å². The molecule has 3 aromatic heterocycles. The maximum absolute atomic E-state index is 10.0. The lowest BCUT2D eigenvalue weighted by molar-refractivity contribution is 1.07. The Balaban J connectivity index is 1.32. The van der Waals surface area contributed by atoms with Crippen LogP contribution in [0.25, 0.3) is 115 Å². The van der Waals surface area contributed by atoms with Gasteiger partial charge in [-0.2, -0.15) is 10.5 Å². The summed E-state index contributed by atoms with van der Waals surface area (Å²) in [5.74, 6) is 1.30. The summed E-state index contributed by atoms with van der Waals surface area (Å²) in [6.45, 7) is 24.6. The molecule has 0 radical (unpaired) electrons. The molecule has 11 aromatic rings. The minimum absolute atomic E-state index is 0.352. The van der Waals surface area contributed by atoms with E-state index < -0.39 is 0 Å². The highest BCUT2D eigenvalue weighted by atomic mass is 15.0. The fourth-order valence-corrected chi connectivity index (χ4v) is 8.99. The molecule has 3 heterocycles. The van der Waals surface area contributed by atoms with Gasteiger partial charge >= 0.3 is 0 Å². The molecule has 0 N–H and O–H groups in total. The summed E-state index contributed by atoms with van der Waals surface area (Å²) in [5, 5.41) is 23.2. The summed E-state index contributed by atoms with van der Waals surface area (Å²) >= 11 is 0. The molecule has 0 saturated carbocycles. The molecule has 0 amide bonds. The van der Waals surface area contributed by atoms with E-state index in [1.54, 1.807) is 30.3 Å². The molecule has 302 valence electrons. The Morgan fingerprint density at radius 3 is 1.32 bits per heavy atom. The molecular weight excluding hydrogens is 813 g/mol. The van der Waals surface area contributed by atoms with Crippen LogP contribution in [0.5, 0.6) is 0 Å². The average molecular weight is 841 g/mol. The highest BCUT2D eigenvalue weighted by molar-refractivity contribution is 6.14. The quantitative estimate of drug-likeness (QED) is 0.155. The Morgan fingerprint density at radius 1 is 0.409 bits per heavy atom. The molecule has 8 aromatic carbocycles. The van der Waals surface area contributed by atoms with Gasteiger partial charge in [-0.05, 0) is 83.6 Å². The minimum Gasteiger partial charge on any atom is -0.310 e. The van der Waals surface area contributed by atoms with Crippen LogP contribution in [-0.2, 0) is 0 Å². The van der Waals surface area contributed by atoms with Gasteiger partial charge in [0.1, 0.15) is 0 Å². The van der Waals surface area contributed by atoms with Gasteiger partial charge in [0.2, 0.25) is 0 Å². The first-order chi connectivity index (χ1) is 32.5. The predicted molar refractivity (Wildman–Crippen MR) is 258 cm³/mol. The van der Waals surface area contributed by atoms with E-state index in [2.05, 4.69) is 35.8 Å². The van der Waals surface area contributed by atoms with Crippen LogP contribution < -0.4 is 0 Å². The van der Waals surface area contributed by atoms with Crippen molar-refractivity contribution in [3.63, 3.8) is 0 Å². The summed E-state index contributed by atoms with van der Waals surface area (Å²) in [7, 11) is 0. The van der Waals surface area contributed by atoms with E-state index in [0.29, 0.717) is 73.7 Å². The lowest BCUT2D eigenvalue weighted by Gasteiger charge is -2.22. The number of fused-ring (bicyclic) bond motifs is 6. The average Bonchev–Trinajstić information content (AvgIpc) is 3.89. The summed E-state index contributed by atoms with van der Waals surface area (Å²) in [6, 6.07) is 57.8. The lowest BCUT2D eigenvalue weighted by Crippen LogP contribution is -2.06. The van der Waals surface area contributed by atoms with E-state index in [9.17, 15) is 10.5 Å². The minimum atomic E-state index is 0.352. The Hall–Kier alpha value is -10.2. The monoisotopic (exact) mass is 840 g/mol. The number of rotatable bonds is 6. The summed E-state index contributed by atoms with van der Waals surface area (Å²) in [6.07, 6.45) is 0. The van der Waals surface area contributed by atoms with Gasteiger partial charge in [0.15, 0.2) is 34.5 Å². The van der Waals surface area contributed by atoms with E-state index in [-0.39, 0.29) is 0 Å². The molecule has 0 aliphatic rings. The Morgan fingerprint density at radius 2 is 0.848 bits per heavy atom. The Kier molecular flexibility index (Phi) is 9.17. The van der Waals surface area contributed by atoms with Crippen molar-refractivity contribution >= 4 is 60.7 Å². The Labute approximate surface area is 377 Å². The van der Waals surface area contributed by atoms with E-state index in [4.69, 9.17) is 34.7 Å². The summed E-state index contributed by atoms with van der Waals surface area (Å²) in [5.41, 5.74) is 10.1. The number of hydrogen-bond acceptors (Lipinski definition) is 5. The van der Waals surface area contributed by atoms with Crippen molar-refractivity contribution in [1.29, 1.82) is 10.5 Å². The van der Waals surface area contributed by atoms with Crippen molar-refractivity contribution in [2.24, 2.45) is 0 Å². The van der Waals surface area contributed by atoms with Crippen molar-refractivity contribution in [3.8, 4) is 68.8 Å². The molecule has 10 nitrogen and oxygen atoms in total. The van der Waals surface area contributed by atoms with Crippen LogP contribution in [0.2, 0.25) is 0 Å². The highest BCUT2D eigenvalue weighted by Crippen LogP contribution is 2.48. The maximum atomic E-state index is 10.0. The molecule has 0 spiro atoms. The van der Waals surface area contributed by atoms with E-state index in [0.717, 1.165) is 54.7 Å². The molecule has 0 fully saturated rings. The molecule has 0 aliphatic heterocycles. The van der Waals surface area contributed by atoms with Crippen molar-refractivity contribution in [2.45, 2.75) is 0 Å². The zero-order valence-corrected chi connectivity index (χ0v) is 34.6. The molecule has 0 atom stereocenters. The van der Waals surface area contributed by atoms with Gasteiger partial charge in [0.05, 0.1) is 70.7 Å². The first-order valence-corrected chi connectivity index (χ1v) is 20.7. The fourth-order valence-electron chi connectivity index (χ4n) is 8.99. The Bertz CT molecular complexity index is 3850. The first kappa shape index (κ1) is 38.7. The van der Waals surface area contributed by atoms with Crippen LogP contribution in [0.3, 0.4) is 0 Å². The van der Waals surface area contributed by atoms with Gasteiger partial charge in [-0.15, -0.1) is 0 Å². The number of nitriles is 2. The number of nitrogens with zero attached hydrogens (tertiary/aromatic N) is 10. The van der Waals surface area contributed by atoms with Gasteiger partial charge in [-0.25, -0.2) is 29.5 Å². The largest absolute Gasteiger partial charge is 0.310 e.